The van der Waals surface area contributed by atoms with Gasteiger partial charge in [0.05, 0.1) is 6.10 Å². The first kappa shape index (κ1) is 12.3. The van der Waals surface area contributed by atoms with Crippen LogP contribution in [0.1, 0.15) is 27.2 Å². The van der Waals surface area contributed by atoms with Crippen molar-refractivity contribution in [2.24, 2.45) is 5.92 Å². The Morgan fingerprint density at radius 1 is 1.43 bits per heavy atom. The van der Waals surface area contributed by atoms with E-state index in [2.05, 4.69) is 39.0 Å². The Labute approximate surface area is 92.4 Å². The molecule has 2 nitrogen and oxygen atoms in total. The van der Waals surface area contributed by atoms with E-state index in [1.54, 1.807) is 11.8 Å². The third-order valence-corrected chi connectivity index (χ3v) is 4.09. The highest BCUT2D eigenvalue weighted by Crippen LogP contribution is 2.30. The number of hydrogen-bond donors (Lipinski definition) is 0. The van der Waals surface area contributed by atoms with E-state index in [1.165, 1.54) is 13.0 Å². The molecule has 0 amide bonds. The Kier molecular flexibility index (Phi) is 4.29. The lowest BCUT2D eigenvalue weighted by molar-refractivity contribution is -0.0276. The van der Waals surface area contributed by atoms with Gasteiger partial charge in [-0.3, -0.25) is 0 Å². The molecule has 0 N–H and O–H groups in total. The normalized spacial score (nSPS) is 29.8. The van der Waals surface area contributed by atoms with E-state index in [0.717, 1.165) is 6.54 Å². The number of likely N-dealkylation sites (tertiary alicyclic amines) is 1. The van der Waals surface area contributed by atoms with Gasteiger partial charge in [-0.05, 0) is 39.5 Å². The van der Waals surface area contributed by atoms with Gasteiger partial charge in [0.1, 0.15) is 4.93 Å². The first-order valence-electron chi connectivity index (χ1n) is 5.40. The van der Waals surface area contributed by atoms with E-state index in [4.69, 9.17) is 4.74 Å². The highest BCUT2D eigenvalue weighted by Gasteiger charge is 2.34. The van der Waals surface area contributed by atoms with E-state index >= 15 is 0 Å². The molecule has 84 valence electrons. The molecule has 1 fully saturated rings. The zero-order valence-electron chi connectivity index (χ0n) is 10.0. The molecule has 0 radical (unpaired) electrons. The zero-order chi connectivity index (χ0) is 10.8. The van der Waals surface area contributed by atoms with Crippen LogP contribution in [0.2, 0.25) is 0 Å². The molecule has 14 heavy (non-hydrogen) atoms. The van der Waals surface area contributed by atoms with Gasteiger partial charge in [-0.2, -0.15) is 0 Å². The van der Waals surface area contributed by atoms with Crippen molar-refractivity contribution in [3.05, 3.63) is 0 Å². The Hall–Kier alpha value is 0.270. The average molecular weight is 217 g/mol. The van der Waals surface area contributed by atoms with Crippen LogP contribution in [0, 0.1) is 5.92 Å². The van der Waals surface area contributed by atoms with Crippen LogP contribution in [0.4, 0.5) is 0 Å². The fourth-order valence-electron chi connectivity index (χ4n) is 1.99. The molecule has 1 aliphatic heterocycles. The Morgan fingerprint density at radius 2 is 2.07 bits per heavy atom. The quantitative estimate of drug-likeness (QED) is 0.671. The van der Waals surface area contributed by atoms with Gasteiger partial charge in [0.2, 0.25) is 0 Å². The van der Waals surface area contributed by atoms with Gasteiger partial charge in [-0.15, -0.1) is 11.8 Å². The van der Waals surface area contributed by atoms with Crippen molar-refractivity contribution in [1.82, 2.24) is 4.90 Å². The highest BCUT2D eigenvalue weighted by atomic mass is 32.2. The molecule has 3 heteroatoms. The smallest absolute Gasteiger partial charge is 0.108 e. The van der Waals surface area contributed by atoms with Crippen LogP contribution in [0.3, 0.4) is 0 Å². The fraction of sp³-hybridized carbons (Fsp3) is 1.00. The number of nitrogens with zero attached hydrogens (tertiary/aromatic N) is 1. The molecule has 0 spiro atoms. The summed E-state index contributed by atoms with van der Waals surface area (Å²) in [6, 6.07) is 0. The van der Waals surface area contributed by atoms with Crippen molar-refractivity contribution in [1.29, 1.82) is 0 Å². The number of ether oxygens (including phenoxy) is 1. The van der Waals surface area contributed by atoms with Crippen molar-refractivity contribution >= 4 is 11.8 Å². The van der Waals surface area contributed by atoms with Crippen LogP contribution in [-0.4, -0.2) is 42.3 Å². The van der Waals surface area contributed by atoms with Gasteiger partial charge >= 0.3 is 0 Å². The van der Waals surface area contributed by atoms with Crippen LogP contribution in [0.25, 0.3) is 0 Å². The molecule has 0 saturated carbocycles. The van der Waals surface area contributed by atoms with Crippen molar-refractivity contribution in [3.63, 3.8) is 0 Å². The second-order valence-electron chi connectivity index (χ2n) is 4.65. The first-order valence-corrected chi connectivity index (χ1v) is 6.62. The van der Waals surface area contributed by atoms with Crippen LogP contribution in [0.15, 0.2) is 0 Å². The van der Waals surface area contributed by atoms with Crippen molar-refractivity contribution < 1.29 is 4.74 Å². The summed E-state index contributed by atoms with van der Waals surface area (Å²) in [5.41, 5.74) is 0. The third kappa shape index (κ3) is 3.14. The minimum atomic E-state index is -0.0384. The monoisotopic (exact) mass is 217 g/mol. The lowest BCUT2D eigenvalue weighted by Gasteiger charge is -2.29. The Balaban J connectivity index is 2.51. The summed E-state index contributed by atoms with van der Waals surface area (Å²) >= 11 is 1.79. The minimum Gasteiger partial charge on any atom is -0.360 e. The summed E-state index contributed by atoms with van der Waals surface area (Å²) in [5.74, 6) is 0.714. The lowest BCUT2D eigenvalue weighted by Crippen LogP contribution is -2.32. The van der Waals surface area contributed by atoms with Gasteiger partial charge < -0.3 is 9.64 Å². The second kappa shape index (κ2) is 4.86. The maximum absolute atomic E-state index is 6.14. The summed E-state index contributed by atoms with van der Waals surface area (Å²) in [6.45, 7) is 8.84. The first-order chi connectivity index (χ1) is 6.48. The summed E-state index contributed by atoms with van der Waals surface area (Å²) in [5, 5.41) is 0. The molecule has 0 bridgehead atoms. The number of hydrogen-bond acceptors (Lipinski definition) is 3. The summed E-state index contributed by atoms with van der Waals surface area (Å²) in [6.07, 6.45) is 3.76. The molecule has 1 saturated heterocycles. The van der Waals surface area contributed by atoms with Gasteiger partial charge in [-0.1, -0.05) is 6.92 Å². The van der Waals surface area contributed by atoms with Crippen LogP contribution < -0.4 is 0 Å². The topological polar surface area (TPSA) is 12.5 Å². The van der Waals surface area contributed by atoms with Crippen molar-refractivity contribution in [3.8, 4) is 0 Å². The average Bonchev–Trinajstić information content (AvgIpc) is 2.45. The molecule has 0 aromatic rings. The van der Waals surface area contributed by atoms with Crippen LogP contribution in [-0.2, 0) is 4.74 Å². The van der Waals surface area contributed by atoms with Gasteiger partial charge in [0.25, 0.3) is 0 Å². The van der Waals surface area contributed by atoms with E-state index in [0.29, 0.717) is 12.0 Å². The van der Waals surface area contributed by atoms with E-state index in [-0.39, 0.29) is 4.93 Å². The molecular weight excluding hydrogens is 194 g/mol. The minimum absolute atomic E-state index is 0.0384. The third-order valence-electron chi connectivity index (χ3n) is 3.01. The highest BCUT2D eigenvalue weighted by molar-refractivity contribution is 7.99. The van der Waals surface area contributed by atoms with Crippen molar-refractivity contribution in [2.45, 2.75) is 38.2 Å². The lowest BCUT2D eigenvalue weighted by atomic mass is 10.0. The van der Waals surface area contributed by atoms with E-state index < -0.39 is 0 Å². The number of thioether (sulfide) groups is 1. The van der Waals surface area contributed by atoms with Gasteiger partial charge in [0, 0.05) is 13.1 Å². The van der Waals surface area contributed by atoms with Gasteiger partial charge in [-0.25, -0.2) is 0 Å². The Bertz CT molecular complexity index is 184. The van der Waals surface area contributed by atoms with E-state index in [1.807, 2.05) is 0 Å². The number of rotatable bonds is 4. The molecule has 1 aliphatic rings. The molecular formula is C11H23NOS. The largest absolute Gasteiger partial charge is 0.360 e. The predicted molar refractivity (Wildman–Crippen MR) is 63.7 cm³/mol. The van der Waals surface area contributed by atoms with Crippen LogP contribution >= 0.6 is 11.8 Å². The summed E-state index contributed by atoms with van der Waals surface area (Å²) < 4.78 is 6.14. The Morgan fingerprint density at radius 3 is 2.57 bits per heavy atom. The molecule has 1 heterocycles. The van der Waals surface area contributed by atoms with Gasteiger partial charge in [0.15, 0.2) is 0 Å². The summed E-state index contributed by atoms with van der Waals surface area (Å²) in [4.78, 5) is 2.33. The molecule has 1 rings (SSSR count). The summed E-state index contributed by atoms with van der Waals surface area (Å²) in [7, 11) is 2.18. The maximum Gasteiger partial charge on any atom is 0.108 e. The molecule has 0 aromatic heterocycles. The van der Waals surface area contributed by atoms with E-state index in [9.17, 15) is 0 Å². The standard InChI is InChI=1S/C11H23NOS/c1-6-9-7-12(4)8-10(9)13-11(2,3)14-5/h9-10H,6-8H2,1-5H3/t9-,10-/m1/s1. The zero-order valence-corrected chi connectivity index (χ0v) is 10.9. The molecule has 2 atom stereocenters. The fourth-order valence-corrected chi connectivity index (χ4v) is 2.21. The predicted octanol–water partition coefficient (Wildman–Crippen LogP) is 2.44. The van der Waals surface area contributed by atoms with Crippen molar-refractivity contribution in [2.75, 3.05) is 26.4 Å². The molecule has 0 aliphatic carbocycles. The molecule has 0 unspecified atom stereocenters. The number of likely N-dealkylation sites (N-methyl/N-ethyl adjacent to an activating group) is 1. The molecule has 0 aromatic carbocycles. The SMILES string of the molecule is CC[C@@H]1CN(C)C[C@H]1OC(C)(C)SC. The van der Waals surface area contributed by atoms with Crippen LogP contribution in [0.5, 0.6) is 0 Å². The maximum atomic E-state index is 6.14. The second-order valence-corrected chi connectivity index (χ2v) is 6.04.